The molecule has 0 bridgehead atoms. The van der Waals surface area contributed by atoms with Crippen molar-refractivity contribution in [2.24, 2.45) is 5.92 Å². The zero-order valence-electron chi connectivity index (χ0n) is 10.0. The highest BCUT2D eigenvalue weighted by atomic mass is 127. The first-order valence-electron chi connectivity index (χ1n) is 6.51. The van der Waals surface area contributed by atoms with Gasteiger partial charge in [-0.3, -0.25) is 0 Å². The first-order valence-corrected chi connectivity index (χ1v) is 9.28. The van der Waals surface area contributed by atoms with Gasteiger partial charge in [0.25, 0.3) is 0 Å². The summed E-state index contributed by atoms with van der Waals surface area (Å²) in [4.78, 5) is 12.1. The molecule has 5 heteroatoms. The minimum absolute atomic E-state index is 0.0941. The summed E-state index contributed by atoms with van der Waals surface area (Å²) in [7, 11) is 0. The molecule has 0 amide bonds. The Bertz CT molecular complexity index is 394. The van der Waals surface area contributed by atoms with E-state index in [1.165, 1.54) is 6.42 Å². The number of rotatable bonds is 1. The molecule has 2 saturated heterocycles. The van der Waals surface area contributed by atoms with Crippen LogP contribution in [0.1, 0.15) is 32.1 Å². The Hall–Kier alpha value is 0.470. The van der Waals surface area contributed by atoms with Gasteiger partial charge in [-0.25, -0.2) is 4.79 Å². The smallest absolute Gasteiger partial charge is 0.338 e. The number of carbonyl (C=O) groups is 1. The van der Waals surface area contributed by atoms with Gasteiger partial charge in [0.2, 0.25) is 0 Å². The van der Waals surface area contributed by atoms with Gasteiger partial charge in [0, 0.05) is 20.7 Å². The van der Waals surface area contributed by atoms with Gasteiger partial charge in [0.1, 0.15) is 18.0 Å². The number of carbonyl (C=O) groups excluding carboxylic acids is 1. The third-order valence-electron chi connectivity index (χ3n) is 4.06. The lowest BCUT2D eigenvalue weighted by Gasteiger charge is -2.28. The summed E-state index contributed by atoms with van der Waals surface area (Å²) >= 11 is 4.77. The number of halogens is 2. The fraction of sp³-hybridized carbons (Fsp3) is 0.769. The Morgan fingerprint density at radius 2 is 2.06 bits per heavy atom. The van der Waals surface area contributed by atoms with Gasteiger partial charge in [-0.2, -0.15) is 0 Å². The van der Waals surface area contributed by atoms with E-state index < -0.39 is 0 Å². The third kappa shape index (κ3) is 2.29. The van der Waals surface area contributed by atoms with E-state index in [-0.39, 0.29) is 18.0 Å². The number of hydrogen-bond acceptors (Lipinski definition) is 3. The van der Waals surface area contributed by atoms with Crippen LogP contribution < -0.4 is 0 Å². The molecule has 0 aromatic rings. The summed E-state index contributed by atoms with van der Waals surface area (Å²) in [6, 6.07) is 0. The highest BCUT2D eigenvalue weighted by Gasteiger charge is 2.47. The molecule has 2 aliphatic heterocycles. The summed E-state index contributed by atoms with van der Waals surface area (Å²) in [6.45, 7) is 0. The summed E-state index contributed by atoms with van der Waals surface area (Å²) < 4.78 is 13.0. The van der Waals surface area contributed by atoms with Crippen LogP contribution in [0.2, 0.25) is 0 Å². The monoisotopic (exact) mass is 474 g/mol. The van der Waals surface area contributed by atoms with E-state index in [4.69, 9.17) is 9.47 Å². The Morgan fingerprint density at radius 3 is 2.78 bits per heavy atom. The first kappa shape index (κ1) is 13.5. The maximum Gasteiger partial charge on any atom is 0.338 e. The van der Waals surface area contributed by atoms with Crippen molar-refractivity contribution in [2.45, 2.75) is 48.2 Å². The van der Waals surface area contributed by atoms with Crippen LogP contribution in [0.4, 0.5) is 0 Å². The maximum atomic E-state index is 12.1. The molecule has 2 heterocycles. The predicted molar refractivity (Wildman–Crippen MR) is 85.0 cm³/mol. The third-order valence-corrected chi connectivity index (χ3v) is 6.37. The molecule has 1 saturated carbocycles. The van der Waals surface area contributed by atoms with Gasteiger partial charge in [-0.05, 0) is 19.3 Å². The lowest BCUT2D eigenvalue weighted by molar-refractivity contribution is -0.139. The second kappa shape index (κ2) is 5.46. The number of allylic oxidation sites excluding steroid dienone is 1. The van der Waals surface area contributed by atoms with Gasteiger partial charge in [0.05, 0.1) is 5.57 Å². The zero-order valence-corrected chi connectivity index (χ0v) is 14.3. The lowest BCUT2D eigenvalue weighted by Crippen LogP contribution is -2.31. The summed E-state index contributed by atoms with van der Waals surface area (Å²) in [6.07, 6.45) is 5.77. The molecule has 0 aromatic carbocycles. The van der Waals surface area contributed by atoms with Crippen LogP contribution in [0.25, 0.3) is 0 Å². The zero-order chi connectivity index (χ0) is 12.7. The van der Waals surface area contributed by atoms with Crippen LogP contribution in [0, 0.1) is 5.92 Å². The fourth-order valence-electron chi connectivity index (χ4n) is 3.15. The van der Waals surface area contributed by atoms with Crippen LogP contribution in [-0.4, -0.2) is 26.5 Å². The van der Waals surface area contributed by atoms with Crippen molar-refractivity contribution < 1.29 is 14.3 Å². The van der Waals surface area contributed by atoms with Crippen molar-refractivity contribution in [3.8, 4) is 0 Å². The molecule has 100 valence electrons. The highest BCUT2D eigenvalue weighted by molar-refractivity contribution is 14.1. The number of ether oxygens (including phenoxy) is 2. The van der Waals surface area contributed by atoms with Crippen LogP contribution >= 0.6 is 45.2 Å². The van der Waals surface area contributed by atoms with Crippen molar-refractivity contribution in [3.05, 3.63) is 11.3 Å². The SMILES string of the molecule is O=C1OC2C(I)CCCC2/C1=C1/CCC(CI)O1. The average molecular weight is 474 g/mol. The minimum Gasteiger partial charge on any atom is -0.493 e. The second-order valence-electron chi connectivity index (χ2n) is 5.19. The summed E-state index contributed by atoms with van der Waals surface area (Å²) in [5.74, 6) is 1.11. The van der Waals surface area contributed by atoms with Gasteiger partial charge < -0.3 is 9.47 Å². The number of fused-ring (bicyclic) bond motifs is 1. The van der Waals surface area contributed by atoms with E-state index in [1.54, 1.807) is 0 Å². The van der Waals surface area contributed by atoms with Gasteiger partial charge >= 0.3 is 5.97 Å². The quantitative estimate of drug-likeness (QED) is 0.253. The van der Waals surface area contributed by atoms with Crippen LogP contribution in [0.5, 0.6) is 0 Å². The van der Waals surface area contributed by atoms with Crippen molar-refractivity contribution in [1.82, 2.24) is 0 Å². The molecule has 0 radical (unpaired) electrons. The molecular weight excluding hydrogens is 458 g/mol. The Morgan fingerprint density at radius 1 is 1.22 bits per heavy atom. The lowest BCUT2D eigenvalue weighted by atomic mass is 9.82. The largest absolute Gasteiger partial charge is 0.493 e. The van der Waals surface area contributed by atoms with Crippen molar-refractivity contribution in [3.63, 3.8) is 0 Å². The fourth-order valence-corrected chi connectivity index (χ4v) is 4.86. The first-order chi connectivity index (χ1) is 8.70. The normalized spacial score (nSPS) is 43.6. The van der Waals surface area contributed by atoms with Crippen molar-refractivity contribution >= 4 is 51.2 Å². The molecule has 0 spiro atoms. The van der Waals surface area contributed by atoms with Gasteiger partial charge in [0.15, 0.2) is 0 Å². The molecule has 1 aliphatic carbocycles. The van der Waals surface area contributed by atoms with E-state index >= 15 is 0 Å². The standard InChI is InChI=1S/C13H16I2O3/c14-6-7-4-5-10(17-7)11-8-2-1-3-9(15)12(8)18-13(11)16/h7-9,12H,1-6H2/b11-10+. The topological polar surface area (TPSA) is 35.5 Å². The Balaban J connectivity index is 1.87. The van der Waals surface area contributed by atoms with E-state index in [0.29, 0.717) is 10.0 Å². The average Bonchev–Trinajstić information content (AvgIpc) is 2.93. The highest BCUT2D eigenvalue weighted by Crippen LogP contribution is 2.44. The molecule has 3 nitrogen and oxygen atoms in total. The van der Waals surface area contributed by atoms with E-state index in [0.717, 1.165) is 41.4 Å². The second-order valence-corrected chi connectivity index (χ2v) is 7.67. The van der Waals surface area contributed by atoms with Crippen LogP contribution in [0.15, 0.2) is 11.3 Å². The van der Waals surface area contributed by atoms with Crippen molar-refractivity contribution in [1.29, 1.82) is 0 Å². The molecule has 18 heavy (non-hydrogen) atoms. The predicted octanol–water partition coefficient (Wildman–Crippen LogP) is 3.38. The summed E-state index contributed by atoms with van der Waals surface area (Å²) in [5.41, 5.74) is 0.869. The minimum atomic E-state index is -0.113. The van der Waals surface area contributed by atoms with Crippen LogP contribution in [-0.2, 0) is 14.3 Å². The van der Waals surface area contributed by atoms with E-state index in [1.807, 2.05) is 0 Å². The number of alkyl halides is 2. The Kier molecular flexibility index (Phi) is 4.08. The molecule has 0 aromatic heterocycles. The molecule has 3 rings (SSSR count). The number of esters is 1. The summed E-state index contributed by atoms with van der Waals surface area (Å²) in [5, 5.41) is 0. The van der Waals surface area contributed by atoms with Gasteiger partial charge in [-0.15, -0.1) is 0 Å². The van der Waals surface area contributed by atoms with Crippen LogP contribution in [0.3, 0.4) is 0 Å². The molecule has 4 atom stereocenters. The molecular formula is C13H16I2O3. The van der Waals surface area contributed by atoms with E-state index in [9.17, 15) is 4.79 Å². The maximum absolute atomic E-state index is 12.1. The Labute approximate surface area is 134 Å². The van der Waals surface area contributed by atoms with E-state index in [2.05, 4.69) is 45.2 Å². The molecule has 3 fully saturated rings. The van der Waals surface area contributed by atoms with Crippen molar-refractivity contribution in [2.75, 3.05) is 4.43 Å². The molecule has 3 aliphatic rings. The number of hydrogen-bond donors (Lipinski definition) is 0. The van der Waals surface area contributed by atoms with Gasteiger partial charge in [-0.1, -0.05) is 51.6 Å². The molecule has 0 N–H and O–H groups in total. The molecule has 4 unspecified atom stereocenters.